The van der Waals surface area contributed by atoms with E-state index >= 15 is 0 Å². The number of halogens is 3. The summed E-state index contributed by atoms with van der Waals surface area (Å²) in [6, 6.07) is 6.51. The predicted octanol–water partition coefficient (Wildman–Crippen LogP) is 3.16. The van der Waals surface area contributed by atoms with Crippen LogP contribution in [0.3, 0.4) is 0 Å². The highest BCUT2D eigenvalue weighted by atomic mass is 79.9. The van der Waals surface area contributed by atoms with Gasteiger partial charge in [0, 0.05) is 48.5 Å². The number of hydrogen-bond acceptors (Lipinski definition) is 9. The van der Waals surface area contributed by atoms with Crippen molar-refractivity contribution in [2.75, 3.05) is 61.7 Å². The zero-order valence-corrected chi connectivity index (χ0v) is 24.2. The normalized spacial score (nSPS) is 12.2. The Hall–Kier alpha value is -1.71. The Balaban J connectivity index is 0. The number of ether oxygens (including phenoxy) is 1. The summed E-state index contributed by atoms with van der Waals surface area (Å²) in [5.41, 5.74) is 2.83. The van der Waals surface area contributed by atoms with E-state index in [4.69, 9.17) is 14.7 Å². The van der Waals surface area contributed by atoms with Crippen LogP contribution in [0.5, 0.6) is 0 Å². The van der Waals surface area contributed by atoms with Crippen LogP contribution >= 0.6 is 44.3 Å². The van der Waals surface area contributed by atoms with Gasteiger partial charge in [-0.2, -0.15) is 0 Å². The Kier molecular flexibility index (Phi) is 21.8. The minimum absolute atomic E-state index is 0. The molecule has 0 atom stereocenters. The molecule has 0 bridgehead atoms. The molecule has 3 heterocycles. The van der Waals surface area contributed by atoms with E-state index in [-0.39, 0.29) is 24.0 Å². The van der Waals surface area contributed by atoms with Crippen molar-refractivity contribution in [3.8, 4) is 0 Å². The number of pyridine rings is 2. The maximum absolute atomic E-state index is 11.4. The van der Waals surface area contributed by atoms with Crippen LogP contribution in [0.25, 0.3) is 0 Å². The van der Waals surface area contributed by atoms with Gasteiger partial charge in [-0.3, -0.25) is 14.6 Å². The molecule has 2 aromatic heterocycles. The van der Waals surface area contributed by atoms with Crippen LogP contribution in [-0.2, 0) is 14.4 Å². The summed E-state index contributed by atoms with van der Waals surface area (Å²) < 4.78 is 6.64. The van der Waals surface area contributed by atoms with Crippen molar-refractivity contribution in [3.05, 3.63) is 57.0 Å². The molecule has 1 amide bonds. The van der Waals surface area contributed by atoms with E-state index in [1.54, 1.807) is 38.6 Å². The van der Waals surface area contributed by atoms with Gasteiger partial charge in [-0.15, -0.1) is 12.4 Å². The van der Waals surface area contributed by atoms with E-state index in [2.05, 4.69) is 64.1 Å². The summed E-state index contributed by atoms with van der Waals surface area (Å²) in [4.78, 5) is 40.5. The molecule has 198 valence electrons. The number of amides is 1. The van der Waals surface area contributed by atoms with Gasteiger partial charge in [-0.1, -0.05) is 31.9 Å². The second-order valence-electron chi connectivity index (χ2n) is 6.33. The van der Waals surface area contributed by atoms with Crippen LogP contribution in [0.15, 0.2) is 45.6 Å². The molecule has 1 aliphatic rings. The Bertz CT molecular complexity index is 860. The Labute approximate surface area is 228 Å². The first kappa shape index (κ1) is 35.5. The molecule has 0 spiro atoms. The van der Waals surface area contributed by atoms with Gasteiger partial charge in [0.1, 0.15) is 11.4 Å². The molecule has 11 nitrogen and oxygen atoms in total. The average Bonchev–Trinajstić information content (AvgIpc) is 2.84. The number of carbonyl (C=O) groups excluding carboxylic acids is 1. The number of aromatic nitrogens is 2. The number of morpholine rings is 1. The summed E-state index contributed by atoms with van der Waals surface area (Å²) in [7, 11) is 8.35. The van der Waals surface area contributed by atoms with E-state index in [0.717, 1.165) is 40.3 Å². The molecule has 1 saturated heterocycles. The SMILES string of the molecule is CN1CCOCC1.CNOC.CON(C)C(=O)c1cc(Br)ccn1.Cl.O=C(O)c1cc(Br)ccn1. The highest BCUT2D eigenvalue weighted by Crippen LogP contribution is 2.10. The number of likely N-dealkylation sites (N-methyl/N-ethyl adjacent to an activating group) is 1. The summed E-state index contributed by atoms with van der Waals surface area (Å²) >= 11 is 6.38. The van der Waals surface area contributed by atoms with Crippen LogP contribution in [-0.4, -0.2) is 98.6 Å². The molecule has 0 radical (unpaired) electrons. The fourth-order valence-electron chi connectivity index (χ4n) is 1.94. The van der Waals surface area contributed by atoms with Crippen LogP contribution in [0.1, 0.15) is 21.0 Å². The number of hydroxylamine groups is 3. The number of nitrogens with one attached hydrogen (secondary N) is 1. The first-order valence-corrected chi connectivity index (χ1v) is 11.5. The highest BCUT2D eigenvalue weighted by molar-refractivity contribution is 9.10. The first-order chi connectivity index (χ1) is 16.2. The molecule has 35 heavy (non-hydrogen) atoms. The Morgan fingerprint density at radius 2 is 1.54 bits per heavy atom. The van der Waals surface area contributed by atoms with Gasteiger partial charge in [0.25, 0.3) is 5.91 Å². The Morgan fingerprint density at radius 1 is 1.09 bits per heavy atom. The van der Waals surface area contributed by atoms with Gasteiger partial charge in [0.05, 0.1) is 27.4 Å². The lowest BCUT2D eigenvalue weighted by Crippen LogP contribution is -2.32. The first-order valence-electron chi connectivity index (χ1n) is 9.90. The van der Waals surface area contributed by atoms with Crippen LogP contribution < -0.4 is 5.48 Å². The smallest absolute Gasteiger partial charge is 0.354 e. The minimum Gasteiger partial charge on any atom is -0.477 e. The van der Waals surface area contributed by atoms with Crippen molar-refractivity contribution in [1.82, 2.24) is 25.4 Å². The average molecular weight is 646 g/mol. The van der Waals surface area contributed by atoms with E-state index in [1.165, 1.54) is 26.4 Å². The second kappa shape index (κ2) is 21.6. The molecule has 1 fully saturated rings. The summed E-state index contributed by atoms with van der Waals surface area (Å²) in [5.74, 6) is -1.29. The quantitative estimate of drug-likeness (QED) is 0.479. The molecule has 2 aromatic rings. The predicted molar refractivity (Wildman–Crippen MR) is 142 cm³/mol. The van der Waals surface area contributed by atoms with Crippen molar-refractivity contribution in [2.24, 2.45) is 0 Å². The van der Waals surface area contributed by atoms with Gasteiger partial charge < -0.3 is 19.6 Å². The van der Waals surface area contributed by atoms with Crippen molar-refractivity contribution in [3.63, 3.8) is 0 Å². The van der Waals surface area contributed by atoms with Gasteiger partial charge in [-0.05, 0) is 31.3 Å². The van der Waals surface area contributed by atoms with Crippen LogP contribution in [0.2, 0.25) is 0 Å². The van der Waals surface area contributed by atoms with Crippen molar-refractivity contribution in [2.45, 2.75) is 0 Å². The van der Waals surface area contributed by atoms with Crippen molar-refractivity contribution < 1.29 is 29.1 Å². The van der Waals surface area contributed by atoms with E-state index in [9.17, 15) is 9.59 Å². The molecule has 1 aliphatic heterocycles. The standard InChI is InChI=1S/C8H9BrN2O2.C6H4BrNO2.C5H11NO.C2H7NO.ClH/c1-11(13-2)8(12)7-5-6(9)3-4-10-7;7-4-1-2-8-5(3-4)6(9)10;1-6-2-4-7-5-3-6;1-3-4-2;/h3-5H,1-2H3;1-3H,(H,9,10);2-5H2,1H3;3H,1-2H3;1H. The number of carboxylic acid groups (broad SMARTS) is 1. The molecule has 0 aromatic carbocycles. The molecule has 14 heteroatoms. The summed E-state index contributed by atoms with van der Waals surface area (Å²) in [6.45, 7) is 4.02. The number of rotatable bonds is 4. The zero-order chi connectivity index (χ0) is 25.9. The molecular weight excluding hydrogens is 614 g/mol. The Morgan fingerprint density at radius 3 is 1.86 bits per heavy atom. The lowest BCUT2D eigenvalue weighted by Gasteiger charge is -2.21. The molecule has 2 N–H and O–H groups in total. The van der Waals surface area contributed by atoms with Crippen molar-refractivity contribution in [1.29, 1.82) is 0 Å². The number of aromatic carboxylic acids is 1. The maximum atomic E-state index is 11.4. The number of carbonyl (C=O) groups is 2. The molecule has 0 aliphatic carbocycles. The van der Waals surface area contributed by atoms with Gasteiger partial charge >= 0.3 is 5.97 Å². The monoisotopic (exact) mass is 643 g/mol. The molecule has 3 rings (SSSR count). The third-order valence-electron chi connectivity index (χ3n) is 3.88. The highest BCUT2D eigenvalue weighted by Gasteiger charge is 2.12. The van der Waals surface area contributed by atoms with E-state index in [0.29, 0.717) is 5.69 Å². The fraction of sp³-hybridized carbons (Fsp3) is 0.429. The minimum atomic E-state index is -1.01. The molecular formula is C21H32Br2ClN5O6. The van der Waals surface area contributed by atoms with Crippen molar-refractivity contribution >= 4 is 56.1 Å². The lowest BCUT2D eigenvalue weighted by atomic mass is 10.3. The molecule has 0 unspecified atom stereocenters. The third-order valence-corrected chi connectivity index (χ3v) is 4.87. The van der Waals surface area contributed by atoms with Gasteiger partial charge in [-0.25, -0.2) is 20.3 Å². The third kappa shape index (κ3) is 17.4. The number of carboxylic acids is 1. The molecule has 0 saturated carbocycles. The van der Waals surface area contributed by atoms with E-state index < -0.39 is 5.97 Å². The second-order valence-corrected chi connectivity index (χ2v) is 8.16. The summed E-state index contributed by atoms with van der Waals surface area (Å²) in [6.07, 6.45) is 2.99. The van der Waals surface area contributed by atoms with E-state index in [1.807, 2.05) is 0 Å². The maximum Gasteiger partial charge on any atom is 0.354 e. The largest absolute Gasteiger partial charge is 0.477 e. The zero-order valence-electron chi connectivity index (χ0n) is 20.2. The van der Waals surface area contributed by atoms with Crippen LogP contribution in [0.4, 0.5) is 0 Å². The van der Waals surface area contributed by atoms with Gasteiger partial charge in [0.2, 0.25) is 0 Å². The number of hydrogen-bond donors (Lipinski definition) is 2. The van der Waals surface area contributed by atoms with Gasteiger partial charge in [0.15, 0.2) is 0 Å². The fourth-order valence-corrected chi connectivity index (χ4v) is 2.61. The summed E-state index contributed by atoms with van der Waals surface area (Å²) in [5, 5.41) is 9.55. The lowest BCUT2D eigenvalue weighted by molar-refractivity contribution is -0.0760. The topological polar surface area (TPSA) is 126 Å². The van der Waals surface area contributed by atoms with Crippen LogP contribution in [0, 0.1) is 0 Å². The number of nitrogens with zero attached hydrogens (tertiary/aromatic N) is 4.